The predicted octanol–water partition coefficient (Wildman–Crippen LogP) is 1.69. The lowest BCUT2D eigenvalue weighted by Gasteiger charge is -2.14. The number of benzene rings is 1. The summed E-state index contributed by atoms with van der Waals surface area (Å²) in [6.45, 7) is -0.188. The van der Waals surface area contributed by atoms with E-state index in [0.717, 1.165) is 0 Å². The van der Waals surface area contributed by atoms with Crippen LogP contribution in [0.3, 0.4) is 0 Å². The Morgan fingerprint density at radius 1 is 1.24 bits per heavy atom. The van der Waals surface area contributed by atoms with Crippen LogP contribution in [0.2, 0.25) is 0 Å². The van der Waals surface area contributed by atoms with Crippen LogP contribution in [0.25, 0.3) is 0 Å². The van der Waals surface area contributed by atoms with E-state index in [1.807, 2.05) is 0 Å². The number of carbonyl (C=O) groups excluding carboxylic acids is 1. The van der Waals surface area contributed by atoms with Crippen LogP contribution < -0.4 is 14.2 Å². The molecule has 0 bridgehead atoms. The molecule has 1 aromatic carbocycles. The van der Waals surface area contributed by atoms with Crippen molar-refractivity contribution in [2.45, 2.75) is 6.54 Å². The Labute approximate surface area is 97.8 Å². The quantitative estimate of drug-likeness (QED) is 0.581. The highest BCUT2D eigenvalue weighted by molar-refractivity contribution is 5.53. The molecule has 0 aliphatic heterocycles. The van der Waals surface area contributed by atoms with Gasteiger partial charge in [0.25, 0.3) is 0 Å². The van der Waals surface area contributed by atoms with Gasteiger partial charge in [-0.05, 0) is 0 Å². The van der Waals surface area contributed by atoms with Crippen LogP contribution in [0.5, 0.6) is 17.2 Å². The van der Waals surface area contributed by atoms with Gasteiger partial charge in [-0.3, -0.25) is 0 Å². The first-order chi connectivity index (χ1) is 8.19. The zero-order valence-electron chi connectivity index (χ0n) is 9.74. The third kappa shape index (κ3) is 2.54. The molecule has 0 atom stereocenters. The van der Waals surface area contributed by atoms with Crippen molar-refractivity contribution in [3.05, 3.63) is 17.4 Å². The van der Waals surface area contributed by atoms with Crippen molar-refractivity contribution in [3.63, 3.8) is 0 Å². The second kappa shape index (κ2) is 5.86. The minimum absolute atomic E-state index is 0.00116. The molecule has 0 saturated heterocycles. The average Bonchev–Trinajstić information content (AvgIpc) is 2.36. The first-order valence-corrected chi connectivity index (χ1v) is 4.70. The maximum Gasteiger partial charge on any atom is 0.235 e. The van der Waals surface area contributed by atoms with Gasteiger partial charge in [-0.25, -0.2) is 14.2 Å². The molecule has 0 heterocycles. The molecular formula is C11H12FNO4. The van der Waals surface area contributed by atoms with Gasteiger partial charge in [-0.1, -0.05) is 0 Å². The topological polar surface area (TPSA) is 57.1 Å². The highest BCUT2D eigenvalue weighted by Gasteiger charge is 2.20. The van der Waals surface area contributed by atoms with Crippen molar-refractivity contribution < 1.29 is 23.4 Å². The third-order valence-electron chi connectivity index (χ3n) is 2.19. The molecule has 0 radical (unpaired) electrons. The Bertz CT molecular complexity index is 455. The molecule has 92 valence electrons. The van der Waals surface area contributed by atoms with Gasteiger partial charge >= 0.3 is 0 Å². The smallest absolute Gasteiger partial charge is 0.235 e. The number of hydrogen-bond acceptors (Lipinski definition) is 5. The van der Waals surface area contributed by atoms with E-state index in [-0.39, 0.29) is 23.6 Å². The van der Waals surface area contributed by atoms with Crippen LogP contribution in [0.4, 0.5) is 4.39 Å². The van der Waals surface area contributed by atoms with Crippen LogP contribution in [-0.2, 0) is 11.3 Å². The number of methoxy groups -OCH3 is 3. The molecule has 1 rings (SSSR count). The van der Waals surface area contributed by atoms with E-state index >= 15 is 0 Å². The standard InChI is InChI=1S/C11H12FNO4/c1-15-8-4-9(16-2)11(17-3)7(10(8)12)5-13-6-14/h4H,5H2,1-3H3. The summed E-state index contributed by atoms with van der Waals surface area (Å²) in [4.78, 5) is 13.4. The average molecular weight is 241 g/mol. The summed E-state index contributed by atoms with van der Waals surface area (Å²) in [7, 11) is 4.12. The molecule has 0 fully saturated rings. The molecule has 17 heavy (non-hydrogen) atoms. The van der Waals surface area contributed by atoms with Crippen molar-refractivity contribution in [2.75, 3.05) is 21.3 Å². The summed E-state index contributed by atoms with van der Waals surface area (Å²) in [6.07, 6.45) is 1.34. The van der Waals surface area contributed by atoms with Crippen molar-refractivity contribution in [2.24, 2.45) is 4.99 Å². The van der Waals surface area contributed by atoms with E-state index in [2.05, 4.69) is 4.99 Å². The highest BCUT2D eigenvalue weighted by Crippen LogP contribution is 2.38. The van der Waals surface area contributed by atoms with Crippen molar-refractivity contribution in [1.29, 1.82) is 0 Å². The molecule has 0 N–H and O–H groups in total. The van der Waals surface area contributed by atoms with Gasteiger partial charge in [0.15, 0.2) is 23.1 Å². The first kappa shape index (κ1) is 13.0. The lowest BCUT2D eigenvalue weighted by atomic mass is 10.1. The number of hydrogen-bond donors (Lipinski definition) is 0. The zero-order valence-corrected chi connectivity index (χ0v) is 9.74. The molecule has 5 nitrogen and oxygen atoms in total. The highest BCUT2D eigenvalue weighted by atomic mass is 19.1. The number of halogens is 1. The molecule has 1 aromatic rings. The van der Waals surface area contributed by atoms with Crippen molar-refractivity contribution in [3.8, 4) is 17.2 Å². The fraction of sp³-hybridized carbons (Fsp3) is 0.364. The Morgan fingerprint density at radius 2 is 1.88 bits per heavy atom. The molecule has 0 unspecified atom stereocenters. The molecule has 6 heteroatoms. The molecule has 0 saturated carbocycles. The van der Waals surface area contributed by atoms with Crippen LogP contribution >= 0.6 is 0 Å². The summed E-state index contributed by atoms with van der Waals surface area (Å²) < 4.78 is 28.8. The predicted molar refractivity (Wildman–Crippen MR) is 57.9 cm³/mol. The second-order valence-corrected chi connectivity index (χ2v) is 3.01. The number of ether oxygens (including phenoxy) is 3. The SMILES string of the molecule is COc1cc(OC)c(OC)c(CN=C=O)c1F. The van der Waals surface area contributed by atoms with Gasteiger partial charge in [0, 0.05) is 6.07 Å². The van der Waals surface area contributed by atoms with E-state index < -0.39 is 5.82 Å². The number of rotatable bonds is 5. The lowest BCUT2D eigenvalue weighted by molar-refractivity contribution is 0.334. The molecular weight excluding hydrogens is 229 g/mol. The third-order valence-corrected chi connectivity index (χ3v) is 2.19. The molecule has 0 amide bonds. The van der Waals surface area contributed by atoms with Gasteiger partial charge in [0.2, 0.25) is 6.08 Å². The Kier molecular flexibility index (Phi) is 4.48. The largest absolute Gasteiger partial charge is 0.494 e. The van der Waals surface area contributed by atoms with E-state index in [1.165, 1.54) is 33.5 Å². The van der Waals surface area contributed by atoms with Gasteiger partial charge in [-0.2, -0.15) is 0 Å². The summed E-state index contributed by atoms with van der Waals surface area (Å²) in [6, 6.07) is 1.36. The van der Waals surface area contributed by atoms with E-state index in [9.17, 15) is 9.18 Å². The fourth-order valence-electron chi connectivity index (χ4n) is 1.42. The maximum atomic E-state index is 13.9. The van der Waals surface area contributed by atoms with Crippen molar-refractivity contribution in [1.82, 2.24) is 0 Å². The summed E-state index contributed by atoms with van der Waals surface area (Å²) in [5.74, 6) is -0.144. The minimum Gasteiger partial charge on any atom is -0.494 e. The Morgan fingerprint density at radius 3 is 2.35 bits per heavy atom. The van der Waals surface area contributed by atoms with Crippen molar-refractivity contribution >= 4 is 6.08 Å². The summed E-state index contributed by atoms with van der Waals surface area (Å²) in [5, 5.41) is 0. The number of nitrogens with zero attached hydrogens (tertiary/aromatic N) is 1. The Balaban J connectivity index is 3.43. The number of aliphatic imine (C=N–C) groups is 1. The molecule has 0 spiro atoms. The second-order valence-electron chi connectivity index (χ2n) is 3.01. The molecule has 0 aromatic heterocycles. The van der Waals surface area contributed by atoms with E-state index in [1.54, 1.807) is 0 Å². The van der Waals surface area contributed by atoms with Gasteiger partial charge in [-0.15, -0.1) is 0 Å². The summed E-state index contributed by atoms with van der Waals surface area (Å²) >= 11 is 0. The van der Waals surface area contributed by atoms with E-state index in [0.29, 0.717) is 5.75 Å². The monoisotopic (exact) mass is 241 g/mol. The normalized spacial score (nSPS) is 9.41. The number of isocyanates is 1. The lowest BCUT2D eigenvalue weighted by Crippen LogP contribution is -2.01. The van der Waals surface area contributed by atoms with Gasteiger partial charge in [0.05, 0.1) is 33.4 Å². The fourth-order valence-corrected chi connectivity index (χ4v) is 1.42. The molecule has 0 aliphatic rings. The van der Waals surface area contributed by atoms with Gasteiger partial charge in [0.1, 0.15) is 0 Å². The maximum absolute atomic E-state index is 13.9. The zero-order chi connectivity index (χ0) is 12.8. The first-order valence-electron chi connectivity index (χ1n) is 4.70. The minimum atomic E-state index is -0.635. The Hall–Kier alpha value is -2.07. The molecule has 0 aliphatic carbocycles. The van der Waals surface area contributed by atoms with Gasteiger partial charge < -0.3 is 14.2 Å². The van der Waals surface area contributed by atoms with Crippen LogP contribution in [0.1, 0.15) is 5.56 Å². The van der Waals surface area contributed by atoms with E-state index in [4.69, 9.17) is 14.2 Å². The van der Waals surface area contributed by atoms with Crippen LogP contribution in [-0.4, -0.2) is 27.4 Å². The van der Waals surface area contributed by atoms with Crippen LogP contribution in [0, 0.1) is 5.82 Å². The van der Waals surface area contributed by atoms with Crippen LogP contribution in [0.15, 0.2) is 11.1 Å². The summed E-state index contributed by atoms with van der Waals surface area (Å²) in [5.41, 5.74) is 0.0899.